The molecule has 1 fully saturated rings. The Bertz CT molecular complexity index is 524. The minimum absolute atomic E-state index is 0.0494. The van der Waals surface area contributed by atoms with Gasteiger partial charge in [-0.05, 0) is 30.7 Å². The minimum Gasteiger partial charge on any atom is -0.465 e. The number of carbonyl (C=O) groups excluding carboxylic acids is 2. The molecule has 1 aliphatic rings. The van der Waals surface area contributed by atoms with E-state index in [0.29, 0.717) is 30.9 Å². The van der Waals surface area contributed by atoms with E-state index < -0.39 is 0 Å². The molecule has 1 heterocycles. The van der Waals surface area contributed by atoms with E-state index in [1.54, 1.807) is 18.2 Å². The van der Waals surface area contributed by atoms with Crippen molar-refractivity contribution in [3.8, 4) is 0 Å². The van der Waals surface area contributed by atoms with Crippen molar-refractivity contribution in [2.75, 3.05) is 32.2 Å². The normalized spacial score (nSPS) is 18.1. The fourth-order valence-corrected chi connectivity index (χ4v) is 2.22. The lowest BCUT2D eigenvalue weighted by molar-refractivity contribution is -0.117. The van der Waals surface area contributed by atoms with Gasteiger partial charge in [-0.2, -0.15) is 0 Å². The Morgan fingerprint density at radius 3 is 2.90 bits per heavy atom. The topological polar surface area (TPSA) is 76.7 Å². The van der Waals surface area contributed by atoms with Crippen LogP contribution in [0.3, 0.4) is 0 Å². The molecule has 6 heteroatoms. The number of morpholine rings is 1. The van der Waals surface area contributed by atoms with Crippen molar-refractivity contribution in [1.29, 1.82) is 0 Å². The fraction of sp³-hybridized carbons (Fsp3) is 0.467. The van der Waals surface area contributed by atoms with Crippen molar-refractivity contribution in [1.82, 2.24) is 5.32 Å². The van der Waals surface area contributed by atoms with Crippen molar-refractivity contribution in [3.05, 3.63) is 29.3 Å². The average molecular weight is 292 g/mol. The van der Waals surface area contributed by atoms with Crippen LogP contribution in [0.15, 0.2) is 18.2 Å². The summed E-state index contributed by atoms with van der Waals surface area (Å²) in [5.74, 6) is -0.466. The van der Waals surface area contributed by atoms with Crippen molar-refractivity contribution in [2.24, 2.45) is 0 Å². The van der Waals surface area contributed by atoms with Crippen LogP contribution in [-0.2, 0) is 14.3 Å². The van der Waals surface area contributed by atoms with E-state index in [2.05, 4.69) is 15.4 Å². The van der Waals surface area contributed by atoms with Crippen molar-refractivity contribution in [2.45, 2.75) is 19.4 Å². The molecule has 1 saturated heterocycles. The van der Waals surface area contributed by atoms with Crippen LogP contribution in [0, 0.1) is 6.92 Å². The van der Waals surface area contributed by atoms with E-state index in [-0.39, 0.29) is 17.9 Å². The zero-order valence-electron chi connectivity index (χ0n) is 12.3. The summed E-state index contributed by atoms with van der Waals surface area (Å²) in [6.45, 7) is 3.84. The molecular formula is C15H20N2O4. The molecule has 1 aliphatic heterocycles. The van der Waals surface area contributed by atoms with Gasteiger partial charge in [0.25, 0.3) is 0 Å². The maximum Gasteiger partial charge on any atom is 0.337 e. The highest BCUT2D eigenvalue weighted by Crippen LogP contribution is 2.17. The van der Waals surface area contributed by atoms with Gasteiger partial charge in [0.1, 0.15) is 0 Å². The largest absolute Gasteiger partial charge is 0.465 e. The number of anilines is 1. The van der Waals surface area contributed by atoms with E-state index >= 15 is 0 Å². The number of nitrogens with one attached hydrogen (secondary N) is 2. The number of carbonyl (C=O) groups is 2. The first kappa shape index (κ1) is 15.5. The molecule has 0 aliphatic carbocycles. The fourth-order valence-electron chi connectivity index (χ4n) is 2.22. The molecule has 1 unspecified atom stereocenters. The number of rotatable bonds is 4. The second kappa shape index (κ2) is 7.19. The second-order valence-corrected chi connectivity index (χ2v) is 5.00. The maximum atomic E-state index is 12.0. The number of methoxy groups -OCH3 is 1. The van der Waals surface area contributed by atoms with Gasteiger partial charge in [-0.3, -0.25) is 4.79 Å². The van der Waals surface area contributed by atoms with Gasteiger partial charge in [0.05, 0.1) is 25.9 Å². The molecular weight excluding hydrogens is 272 g/mol. The Morgan fingerprint density at radius 2 is 2.29 bits per heavy atom. The highest BCUT2D eigenvalue weighted by molar-refractivity contribution is 5.94. The molecule has 21 heavy (non-hydrogen) atoms. The van der Waals surface area contributed by atoms with Gasteiger partial charge in [0.15, 0.2) is 0 Å². The van der Waals surface area contributed by atoms with Crippen LogP contribution in [0.2, 0.25) is 0 Å². The Labute approximate surface area is 123 Å². The lowest BCUT2D eigenvalue weighted by Gasteiger charge is -2.23. The number of hydrogen-bond donors (Lipinski definition) is 2. The van der Waals surface area contributed by atoms with E-state index in [9.17, 15) is 9.59 Å². The maximum absolute atomic E-state index is 12.0. The number of benzene rings is 1. The highest BCUT2D eigenvalue weighted by atomic mass is 16.5. The monoisotopic (exact) mass is 292 g/mol. The van der Waals surface area contributed by atoms with Crippen molar-refractivity contribution in [3.63, 3.8) is 0 Å². The van der Waals surface area contributed by atoms with Gasteiger partial charge in [-0.1, -0.05) is 0 Å². The standard InChI is InChI=1S/C15H20N2O4/c1-10-7-11(15(19)20-2)3-4-13(10)17-14(18)8-12-9-21-6-5-16-12/h3-4,7,12,16H,5-6,8-9H2,1-2H3,(H,17,18). The van der Waals surface area contributed by atoms with Gasteiger partial charge in [-0.15, -0.1) is 0 Å². The first-order valence-electron chi connectivity index (χ1n) is 6.90. The summed E-state index contributed by atoms with van der Waals surface area (Å²) in [5.41, 5.74) is 1.99. The van der Waals surface area contributed by atoms with E-state index in [1.165, 1.54) is 7.11 Å². The van der Waals surface area contributed by atoms with E-state index in [0.717, 1.165) is 12.1 Å². The minimum atomic E-state index is -0.389. The first-order valence-corrected chi connectivity index (χ1v) is 6.90. The predicted molar refractivity (Wildman–Crippen MR) is 78.4 cm³/mol. The number of aryl methyl sites for hydroxylation is 1. The van der Waals surface area contributed by atoms with E-state index in [4.69, 9.17) is 4.74 Å². The third-order valence-corrected chi connectivity index (χ3v) is 3.35. The second-order valence-electron chi connectivity index (χ2n) is 5.00. The number of amides is 1. The quantitative estimate of drug-likeness (QED) is 0.813. The lowest BCUT2D eigenvalue weighted by Crippen LogP contribution is -2.43. The van der Waals surface area contributed by atoms with Crippen LogP contribution >= 0.6 is 0 Å². The highest BCUT2D eigenvalue weighted by Gasteiger charge is 2.17. The third-order valence-electron chi connectivity index (χ3n) is 3.35. The van der Waals surface area contributed by atoms with Gasteiger partial charge in [-0.25, -0.2) is 4.79 Å². The zero-order valence-corrected chi connectivity index (χ0v) is 12.3. The molecule has 0 saturated carbocycles. The Kier molecular flexibility index (Phi) is 5.30. The summed E-state index contributed by atoms with van der Waals surface area (Å²) < 4.78 is 9.98. The van der Waals surface area contributed by atoms with Crippen LogP contribution in [0.4, 0.5) is 5.69 Å². The van der Waals surface area contributed by atoms with Gasteiger partial charge in [0.2, 0.25) is 5.91 Å². The molecule has 0 aromatic heterocycles. The molecule has 2 N–H and O–H groups in total. The lowest BCUT2D eigenvalue weighted by atomic mass is 10.1. The first-order chi connectivity index (χ1) is 10.1. The molecule has 0 radical (unpaired) electrons. The summed E-state index contributed by atoms with van der Waals surface area (Å²) in [5, 5.41) is 6.09. The molecule has 6 nitrogen and oxygen atoms in total. The van der Waals surface area contributed by atoms with Gasteiger partial charge in [0, 0.05) is 24.7 Å². The summed E-state index contributed by atoms with van der Waals surface area (Å²) in [7, 11) is 1.34. The van der Waals surface area contributed by atoms with Crippen LogP contribution in [0.25, 0.3) is 0 Å². The number of esters is 1. The number of hydrogen-bond acceptors (Lipinski definition) is 5. The average Bonchev–Trinajstić information content (AvgIpc) is 2.49. The van der Waals surface area contributed by atoms with Gasteiger partial charge >= 0.3 is 5.97 Å². The molecule has 0 bridgehead atoms. The summed E-state index contributed by atoms with van der Waals surface area (Å²) in [6, 6.07) is 5.10. The van der Waals surface area contributed by atoms with Crippen molar-refractivity contribution < 1.29 is 19.1 Å². The Hall–Kier alpha value is -1.92. The van der Waals surface area contributed by atoms with Crippen LogP contribution in [0.5, 0.6) is 0 Å². The summed E-state index contributed by atoms with van der Waals surface area (Å²) in [6.07, 6.45) is 0.359. The molecule has 114 valence electrons. The molecule has 1 amide bonds. The van der Waals surface area contributed by atoms with E-state index in [1.807, 2.05) is 6.92 Å². The Morgan fingerprint density at radius 1 is 1.48 bits per heavy atom. The Balaban J connectivity index is 1.95. The summed E-state index contributed by atoms with van der Waals surface area (Å²) >= 11 is 0. The van der Waals surface area contributed by atoms with Gasteiger partial charge < -0.3 is 20.1 Å². The van der Waals surface area contributed by atoms with Crippen LogP contribution < -0.4 is 10.6 Å². The zero-order chi connectivity index (χ0) is 15.2. The smallest absolute Gasteiger partial charge is 0.337 e. The molecule has 0 spiro atoms. The van der Waals surface area contributed by atoms with Crippen LogP contribution in [0.1, 0.15) is 22.3 Å². The SMILES string of the molecule is COC(=O)c1ccc(NC(=O)CC2COCCN2)c(C)c1. The third kappa shape index (κ3) is 4.27. The number of ether oxygens (including phenoxy) is 2. The molecule has 2 rings (SSSR count). The molecule has 1 aromatic carbocycles. The molecule has 1 atom stereocenters. The predicted octanol–water partition coefficient (Wildman–Crippen LogP) is 1.10. The van der Waals surface area contributed by atoms with Crippen LogP contribution in [-0.4, -0.2) is 44.8 Å². The molecule has 1 aromatic rings. The summed E-state index contributed by atoms with van der Waals surface area (Å²) in [4.78, 5) is 23.4. The van der Waals surface area contributed by atoms with Crippen molar-refractivity contribution >= 4 is 17.6 Å².